The van der Waals surface area contributed by atoms with Gasteiger partial charge in [-0.15, -0.1) is 0 Å². The molecule has 5 rings (SSSR count). The van der Waals surface area contributed by atoms with Gasteiger partial charge in [-0.05, 0) is 29.4 Å². The van der Waals surface area contributed by atoms with Crippen LogP contribution in [-0.4, -0.2) is 27.5 Å². The molecule has 168 valence electrons. The SMILES string of the molecule is O=C(CC(c1cccc([N+](=O)[O-])c1)N1C(=O)C2C3C=CC(C3)C2C1=O)NCc1ccccc1. The van der Waals surface area contributed by atoms with Gasteiger partial charge in [0, 0.05) is 18.7 Å². The van der Waals surface area contributed by atoms with Crippen LogP contribution in [0.3, 0.4) is 0 Å². The number of carbonyl (C=O) groups excluding carboxylic acids is 3. The number of nitro groups is 1. The van der Waals surface area contributed by atoms with E-state index in [-0.39, 0.29) is 41.7 Å². The number of likely N-dealkylation sites (tertiary alicyclic amines) is 1. The summed E-state index contributed by atoms with van der Waals surface area (Å²) in [6, 6.07) is 14.3. The number of hydrogen-bond acceptors (Lipinski definition) is 5. The van der Waals surface area contributed by atoms with Gasteiger partial charge in [0.05, 0.1) is 29.2 Å². The van der Waals surface area contributed by atoms with Gasteiger partial charge >= 0.3 is 0 Å². The Balaban J connectivity index is 1.43. The van der Waals surface area contributed by atoms with E-state index in [0.717, 1.165) is 12.0 Å². The van der Waals surface area contributed by atoms with Crippen LogP contribution in [-0.2, 0) is 20.9 Å². The average Bonchev–Trinajstić information content (AvgIpc) is 3.51. The third-order valence-electron chi connectivity index (χ3n) is 6.99. The van der Waals surface area contributed by atoms with E-state index in [2.05, 4.69) is 5.32 Å². The Labute approximate surface area is 190 Å². The third kappa shape index (κ3) is 3.71. The second-order valence-corrected chi connectivity index (χ2v) is 8.88. The van der Waals surface area contributed by atoms with Crippen molar-refractivity contribution in [2.75, 3.05) is 0 Å². The molecule has 33 heavy (non-hydrogen) atoms. The summed E-state index contributed by atoms with van der Waals surface area (Å²) in [5.74, 6) is -1.63. The van der Waals surface area contributed by atoms with Crippen LogP contribution in [0.15, 0.2) is 66.7 Å². The van der Waals surface area contributed by atoms with Gasteiger partial charge in [-0.1, -0.05) is 54.6 Å². The van der Waals surface area contributed by atoms with E-state index in [0.29, 0.717) is 12.1 Å². The van der Waals surface area contributed by atoms with Gasteiger partial charge in [0.2, 0.25) is 17.7 Å². The second kappa shape index (κ2) is 8.27. The van der Waals surface area contributed by atoms with Gasteiger partial charge in [0.15, 0.2) is 0 Å². The lowest BCUT2D eigenvalue weighted by atomic mass is 9.85. The molecule has 1 saturated carbocycles. The summed E-state index contributed by atoms with van der Waals surface area (Å²) in [6.45, 7) is 0.308. The van der Waals surface area contributed by atoms with E-state index in [4.69, 9.17) is 0 Å². The van der Waals surface area contributed by atoms with Gasteiger partial charge in [0.1, 0.15) is 0 Å². The molecule has 5 unspecified atom stereocenters. The lowest BCUT2D eigenvalue weighted by Crippen LogP contribution is -2.39. The quantitative estimate of drug-likeness (QED) is 0.305. The predicted octanol–water partition coefficient (Wildman–Crippen LogP) is 3.15. The number of allylic oxidation sites excluding steroid dienone is 2. The molecule has 3 amide bonds. The molecular weight excluding hydrogens is 422 g/mol. The Morgan fingerprint density at radius 3 is 2.33 bits per heavy atom. The van der Waals surface area contributed by atoms with E-state index in [1.54, 1.807) is 6.07 Å². The smallest absolute Gasteiger partial charge is 0.269 e. The van der Waals surface area contributed by atoms with Gasteiger partial charge in [0.25, 0.3) is 5.69 Å². The maximum absolute atomic E-state index is 13.4. The molecule has 1 heterocycles. The fourth-order valence-corrected chi connectivity index (χ4v) is 5.48. The van der Waals surface area contributed by atoms with E-state index in [1.807, 2.05) is 42.5 Å². The van der Waals surface area contributed by atoms with Gasteiger partial charge in [-0.3, -0.25) is 29.4 Å². The number of nitro benzene ring substituents is 1. The molecule has 0 radical (unpaired) electrons. The molecule has 3 aliphatic rings. The second-order valence-electron chi connectivity index (χ2n) is 8.88. The summed E-state index contributed by atoms with van der Waals surface area (Å²) >= 11 is 0. The molecule has 2 aliphatic carbocycles. The van der Waals surface area contributed by atoms with Gasteiger partial charge in [-0.25, -0.2) is 0 Å². The highest BCUT2D eigenvalue weighted by molar-refractivity contribution is 6.07. The number of nitrogens with zero attached hydrogens (tertiary/aromatic N) is 2. The topological polar surface area (TPSA) is 110 Å². The predicted molar refractivity (Wildman–Crippen MR) is 118 cm³/mol. The van der Waals surface area contributed by atoms with Crippen LogP contribution in [0.5, 0.6) is 0 Å². The number of fused-ring (bicyclic) bond motifs is 5. The van der Waals surface area contributed by atoms with Crippen LogP contribution >= 0.6 is 0 Å². The van der Waals surface area contributed by atoms with Crippen molar-refractivity contribution in [3.63, 3.8) is 0 Å². The number of imide groups is 1. The fraction of sp³-hybridized carbons (Fsp3) is 0.320. The lowest BCUT2D eigenvalue weighted by molar-refractivity contribution is -0.385. The summed E-state index contributed by atoms with van der Waals surface area (Å²) in [7, 11) is 0. The van der Waals surface area contributed by atoms with Crippen LogP contribution in [0.4, 0.5) is 5.69 Å². The van der Waals surface area contributed by atoms with Crippen LogP contribution in [0.2, 0.25) is 0 Å². The van der Waals surface area contributed by atoms with Crippen LogP contribution in [0, 0.1) is 33.8 Å². The zero-order valence-corrected chi connectivity index (χ0v) is 17.8. The molecule has 1 aliphatic heterocycles. The lowest BCUT2D eigenvalue weighted by Gasteiger charge is -2.28. The molecule has 2 fully saturated rings. The minimum Gasteiger partial charge on any atom is -0.352 e. The van der Waals surface area contributed by atoms with Crippen molar-refractivity contribution >= 4 is 23.4 Å². The van der Waals surface area contributed by atoms with E-state index in [9.17, 15) is 24.5 Å². The average molecular weight is 445 g/mol. The fourth-order valence-electron chi connectivity index (χ4n) is 5.48. The third-order valence-corrected chi connectivity index (χ3v) is 6.99. The minimum atomic E-state index is -0.898. The molecule has 0 aromatic heterocycles. The van der Waals surface area contributed by atoms with E-state index < -0.39 is 22.8 Å². The largest absolute Gasteiger partial charge is 0.352 e. The molecule has 2 aromatic carbocycles. The highest BCUT2D eigenvalue weighted by Crippen LogP contribution is 2.54. The number of non-ortho nitro benzene ring substituents is 1. The normalized spacial score (nSPS) is 25.9. The Bertz CT molecular complexity index is 1130. The molecule has 0 spiro atoms. The number of rotatable bonds is 7. The van der Waals surface area contributed by atoms with Crippen LogP contribution in [0.25, 0.3) is 0 Å². The standard InChI is InChI=1S/C25H23N3O5/c29-21(26-14-15-5-2-1-3-6-15)13-20(16-7-4-8-19(12-16)28(32)33)27-24(30)22-17-9-10-18(11-17)23(22)25(27)31/h1-10,12,17-18,20,22-23H,11,13-14H2,(H,26,29). The van der Waals surface area contributed by atoms with Crippen LogP contribution < -0.4 is 5.32 Å². The van der Waals surface area contributed by atoms with Gasteiger partial charge < -0.3 is 5.32 Å². The molecule has 5 atom stereocenters. The van der Waals surface area contributed by atoms with Crippen molar-refractivity contribution in [3.8, 4) is 0 Å². The maximum atomic E-state index is 13.4. The van der Waals surface area contributed by atoms with Crippen molar-refractivity contribution in [1.82, 2.24) is 10.2 Å². The zero-order valence-electron chi connectivity index (χ0n) is 17.8. The highest BCUT2D eigenvalue weighted by atomic mass is 16.6. The molecular formula is C25H23N3O5. The number of carbonyl (C=O) groups is 3. The van der Waals surface area contributed by atoms with E-state index in [1.165, 1.54) is 23.1 Å². The first kappa shape index (κ1) is 21.1. The molecule has 1 N–H and O–H groups in total. The number of benzene rings is 2. The van der Waals surface area contributed by atoms with Crippen molar-refractivity contribution in [3.05, 3.63) is 88.0 Å². The Morgan fingerprint density at radius 1 is 1.03 bits per heavy atom. The Morgan fingerprint density at radius 2 is 1.70 bits per heavy atom. The van der Waals surface area contributed by atoms with Crippen molar-refractivity contribution in [2.24, 2.45) is 23.7 Å². The Hall–Kier alpha value is -3.81. The van der Waals surface area contributed by atoms with Crippen LogP contribution in [0.1, 0.15) is 30.0 Å². The first-order valence-electron chi connectivity index (χ1n) is 11.0. The van der Waals surface area contributed by atoms with Crippen molar-refractivity contribution < 1.29 is 19.3 Å². The van der Waals surface area contributed by atoms with E-state index >= 15 is 0 Å². The number of nitrogens with one attached hydrogen (secondary N) is 1. The van der Waals surface area contributed by atoms with Crippen molar-refractivity contribution in [1.29, 1.82) is 0 Å². The molecule has 8 nitrogen and oxygen atoms in total. The molecule has 2 aromatic rings. The number of amides is 3. The first-order valence-corrected chi connectivity index (χ1v) is 11.0. The molecule has 8 heteroatoms. The Kier molecular flexibility index (Phi) is 5.28. The van der Waals surface area contributed by atoms with Gasteiger partial charge in [-0.2, -0.15) is 0 Å². The number of hydrogen-bond donors (Lipinski definition) is 1. The summed E-state index contributed by atoms with van der Waals surface area (Å²) in [6.07, 6.45) is 4.66. The summed E-state index contributed by atoms with van der Waals surface area (Å²) in [5, 5.41) is 14.2. The summed E-state index contributed by atoms with van der Waals surface area (Å²) < 4.78 is 0. The minimum absolute atomic E-state index is 0.0408. The molecule has 1 saturated heterocycles. The summed E-state index contributed by atoms with van der Waals surface area (Å²) in [5.41, 5.74) is 1.17. The molecule has 2 bridgehead atoms. The zero-order chi connectivity index (χ0) is 23.1. The maximum Gasteiger partial charge on any atom is 0.269 e. The first-order chi connectivity index (χ1) is 15.9. The van der Waals surface area contributed by atoms with Crippen molar-refractivity contribution in [2.45, 2.75) is 25.4 Å². The highest BCUT2D eigenvalue weighted by Gasteiger charge is 2.60. The summed E-state index contributed by atoms with van der Waals surface area (Å²) in [4.78, 5) is 51.6. The monoisotopic (exact) mass is 445 g/mol.